The van der Waals surface area contributed by atoms with Gasteiger partial charge in [0.25, 0.3) is 0 Å². The average molecular weight is 235 g/mol. The summed E-state index contributed by atoms with van der Waals surface area (Å²) in [5.74, 6) is 0. The molecule has 0 bridgehead atoms. The number of halogens is 1. The van der Waals surface area contributed by atoms with Gasteiger partial charge in [-0.1, -0.05) is 0 Å². The molecule has 0 amide bonds. The summed E-state index contributed by atoms with van der Waals surface area (Å²) in [5.41, 5.74) is 0.887. The Bertz CT molecular complexity index is 202. The van der Waals surface area contributed by atoms with Gasteiger partial charge in [0.1, 0.15) is 0 Å². The van der Waals surface area contributed by atoms with Crippen molar-refractivity contribution in [2.45, 2.75) is 6.61 Å². The summed E-state index contributed by atoms with van der Waals surface area (Å²) in [4.78, 5) is 3.85. The molecule has 1 N–H and O–H groups in total. The fraction of sp³-hybridized carbons (Fsp3) is 0.167. The lowest BCUT2D eigenvalue weighted by molar-refractivity contribution is 0.280. The molecule has 0 aliphatic rings. The van der Waals surface area contributed by atoms with Gasteiger partial charge in [0.05, 0.1) is 6.61 Å². The highest BCUT2D eigenvalue weighted by atomic mass is 127. The Labute approximate surface area is 67.1 Å². The first-order chi connectivity index (χ1) is 4.34. The predicted octanol–water partition coefficient (Wildman–Crippen LogP) is 1.18. The summed E-state index contributed by atoms with van der Waals surface area (Å²) in [6, 6.07) is 1.87. The highest BCUT2D eigenvalue weighted by Crippen LogP contribution is 2.08. The smallest absolute Gasteiger partial charge is 0.0707 e. The standard InChI is InChI=1S/C6H6INO/c7-6-1-2-8-3-5(6)4-9/h1-3,9H,4H2. The number of aromatic nitrogens is 1. The Hall–Kier alpha value is -0.160. The number of rotatable bonds is 1. The minimum absolute atomic E-state index is 0.0755. The number of aliphatic hydroxyl groups excluding tert-OH is 1. The van der Waals surface area contributed by atoms with E-state index in [9.17, 15) is 0 Å². The summed E-state index contributed by atoms with van der Waals surface area (Å²) in [6.07, 6.45) is 3.38. The maximum atomic E-state index is 8.67. The average Bonchev–Trinajstić information content (AvgIpc) is 1.89. The first kappa shape index (κ1) is 6.95. The molecular weight excluding hydrogens is 229 g/mol. The van der Waals surface area contributed by atoms with E-state index in [1.54, 1.807) is 12.4 Å². The van der Waals surface area contributed by atoms with Crippen molar-refractivity contribution >= 4 is 22.6 Å². The van der Waals surface area contributed by atoms with E-state index in [1.807, 2.05) is 6.07 Å². The molecule has 1 heterocycles. The number of hydrogen-bond acceptors (Lipinski definition) is 2. The highest BCUT2D eigenvalue weighted by Gasteiger charge is 1.93. The molecule has 0 saturated carbocycles. The molecule has 0 atom stereocenters. The first-order valence-electron chi connectivity index (χ1n) is 2.54. The van der Waals surface area contributed by atoms with Crippen molar-refractivity contribution < 1.29 is 5.11 Å². The molecule has 0 aliphatic heterocycles. The Balaban J connectivity index is 3.01. The van der Waals surface area contributed by atoms with Crippen molar-refractivity contribution in [3.05, 3.63) is 27.6 Å². The first-order valence-corrected chi connectivity index (χ1v) is 3.61. The number of hydrogen-bond donors (Lipinski definition) is 1. The van der Waals surface area contributed by atoms with Crippen LogP contribution in [-0.4, -0.2) is 10.1 Å². The van der Waals surface area contributed by atoms with Gasteiger partial charge < -0.3 is 5.11 Å². The molecule has 0 aliphatic carbocycles. The monoisotopic (exact) mass is 235 g/mol. The van der Waals surface area contributed by atoms with Crippen molar-refractivity contribution in [1.82, 2.24) is 4.98 Å². The summed E-state index contributed by atoms with van der Waals surface area (Å²) >= 11 is 2.16. The van der Waals surface area contributed by atoms with Gasteiger partial charge >= 0.3 is 0 Å². The van der Waals surface area contributed by atoms with Gasteiger partial charge in [0.15, 0.2) is 0 Å². The maximum absolute atomic E-state index is 8.67. The molecule has 0 unspecified atom stereocenters. The van der Waals surface area contributed by atoms with Crippen molar-refractivity contribution in [2.75, 3.05) is 0 Å². The molecule has 48 valence electrons. The van der Waals surface area contributed by atoms with Gasteiger partial charge in [-0.2, -0.15) is 0 Å². The van der Waals surface area contributed by atoms with E-state index in [2.05, 4.69) is 27.6 Å². The van der Waals surface area contributed by atoms with Crippen LogP contribution in [0.4, 0.5) is 0 Å². The largest absolute Gasteiger partial charge is 0.392 e. The topological polar surface area (TPSA) is 33.1 Å². The lowest BCUT2D eigenvalue weighted by Crippen LogP contribution is -1.87. The minimum atomic E-state index is 0.0755. The van der Waals surface area contributed by atoms with Crippen LogP contribution in [0, 0.1) is 3.57 Å². The predicted molar refractivity (Wildman–Crippen MR) is 42.9 cm³/mol. The number of pyridine rings is 1. The molecule has 3 heteroatoms. The van der Waals surface area contributed by atoms with Crippen molar-refractivity contribution in [2.24, 2.45) is 0 Å². The lowest BCUT2D eigenvalue weighted by Gasteiger charge is -1.95. The number of aliphatic hydroxyl groups is 1. The van der Waals surface area contributed by atoms with Crippen LogP contribution in [0.3, 0.4) is 0 Å². The van der Waals surface area contributed by atoms with E-state index in [-0.39, 0.29) is 6.61 Å². The second-order valence-electron chi connectivity index (χ2n) is 1.63. The van der Waals surface area contributed by atoms with E-state index in [0.717, 1.165) is 9.13 Å². The SMILES string of the molecule is OCc1cnccc1I. The maximum Gasteiger partial charge on any atom is 0.0707 e. The van der Waals surface area contributed by atoms with Crippen molar-refractivity contribution in [3.8, 4) is 0 Å². The van der Waals surface area contributed by atoms with Gasteiger partial charge in [-0.15, -0.1) is 0 Å². The minimum Gasteiger partial charge on any atom is -0.392 e. The molecule has 0 fully saturated rings. The van der Waals surface area contributed by atoms with Gasteiger partial charge in [0, 0.05) is 21.5 Å². The van der Waals surface area contributed by atoms with Crippen molar-refractivity contribution in [1.29, 1.82) is 0 Å². The summed E-state index contributed by atoms with van der Waals surface area (Å²) in [5, 5.41) is 8.67. The van der Waals surface area contributed by atoms with Gasteiger partial charge in [-0.3, -0.25) is 4.98 Å². The molecule has 9 heavy (non-hydrogen) atoms. The fourth-order valence-corrected chi connectivity index (χ4v) is 0.997. The van der Waals surface area contributed by atoms with Gasteiger partial charge in [0.2, 0.25) is 0 Å². The van der Waals surface area contributed by atoms with Crippen LogP contribution in [0.25, 0.3) is 0 Å². The Kier molecular flexibility index (Phi) is 2.41. The summed E-state index contributed by atoms with van der Waals surface area (Å²) in [7, 11) is 0. The van der Waals surface area contributed by atoms with Crippen LogP contribution >= 0.6 is 22.6 Å². The fourth-order valence-electron chi connectivity index (χ4n) is 0.527. The molecule has 1 aromatic rings. The molecule has 0 aromatic carbocycles. The van der Waals surface area contributed by atoms with Crippen LogP contribution in [0.5, 0.6) is 0 Å². The quantitative estimate of drug-likeness (QED) is 0.741. The summed E-state index contributed by atoms with van der Waals surface area (Å²) < 4.78 is 1.06. The van der Waals surface area contributed by atoms with Crippen molar-refractivity contribution in [3.63, 3.8) is 0 Å². The van der Waals surface area contributed by atoms with E-state index in [1.165, 1.54) is 0 Å². The third-order valence-electron chi connectivity index (χ3n) is 1.01. The molecule has 2 nitrogen and oxygen atoms in total. The summed E-state index contributed by atoms with van der Waals surface area (Å²) in [6.45, 7) is 0.0755. The van der Waals surface area contributed by atoms with Crippen LogP contribution in [0.1, 0.15) is 5.56 Å². The molecule has 0 radical (unpaired) electrons. The third-order valence-corrected chi connectivity index (χ3v) is 2.07. The second-order valence-corrected chi connectivity index (χ2v) is 2.79. The van der Waals surface area contributed by atoms with E-state index in [4.69, 9.17) is 5.11 Å². The Morgan fingerprint density at radius 2 is 2.44 bits per heavy atom. The van der Waals surface area contributed by atoms with Crippen LogP contribution in [0.2, 0.25) is 0 Å². The number of nitrogens with zero attached hydrogens (tertiary/aromatic N) is 1. The van der Waals surface area contributed by atoms with E-state index in [0.29, 0.717) is 0 Å². The van der Waals surface area contributed by atoms with Gasteiger partial charge in [-0.25, -0.2) is 0 Å². The van der Waals surface area contributed by atoms with Crippen LogP contribution in [-0.2, 0) is 6.61 Å². The van der Waals surface area contributed by atoms with E-state index < -0.39 is 0 Å². The van der Waals surface area contributed by atoms with E-state index >= 15 is 0 Å². The molecule has 0 spiro atoms. The zero-order chi connectivity index (χ0) is 6.69. The molecular formula is C6H6INO. The normalized spacial score (nSPS) is 9.56. The lowest BCUT2D eigenvalue weighted by atomic mass is 10.3. The Morgan fingerprint density at radius 1 is 1.67 bits per heavy atom. The van der Waals surface area contributed by atoms with Gasteiger partial charge in [-0.05, 0) is 28.7 Å². The second kappa shape index (κ2) is 3.12. The van der Waals surface area contributed by atoms with Crippen LogP contribution < -0.4 is 0 Å². The molecule has 1 rings (SSSR count). The third kappa shape index (κ3) is 1.62. The van der Waals surface area contributed by atoms with Crippen LogP contribution in [0.15, 0.2) is 18.5 Å². The highest BCUT2D eigenvalue weighted by molar-refractivity contribution is 14.1. The molecule has 0 saturated heterocycles. The Morgan fingerprint density at radius 3 is 2.89 bits per heavy atom. The molecule has 1 aromatic heterocycles. The zero-order valence-electron chi connectivity index (χ0n) is 4.71. The zero-order valence-corrected chi connectivity index (χ0v) is 6.87.